The zero-order valence-corrected chi connectivity index (χ0v) is 10.2. The van der Waals surface area contributed by atoms with Gasteiger partial charge in [-0.1, -0.05) is 13.8 Å². The van der Waals surface area contributed by atoms with Crippen LogP contribution in [-0.2, 0) is 4.74 Å². The molecule has 2 aliphatic rings. The Morgan fingerprint density at radius 3 is 2.53 bits per heavy atom. The van der Waals surface area contributed by atoms with Crippen LogP contribution in [0.5, 0.6) is 0 Å². The second kappa shape index (κ2) is 5.31. The van der Waals surface area contributed by atoms with Gasteiger partial charge in [0.25, 0.3) is 0 Å². The van der Waals surface area contributed by atoms with Gasteiger partial charge in [-0.3, -0.25) is 0 Å². The van der Waals surface area contributed by atoms with Gasteiger partial charge in [0.15, 0.2) is 0 Å². The lowest BCUT2D eigenvalue weighted by Gasteiger charge is -2.27. The van der Waals surface area contributed by atoms with Crippen molar-refractivity contribution in [1.29, 1.82) is 0 Å². The Morgan fingerprint density at radius 2 is 1.93 bits per heavy atom. The number of likely N-dealkylation sites (tertiary alicyclic amines) is 1. The molecule has 1 atom stereocenters. The van der Waals surface area contributed by atoms with Crippen molar-refractivity contribution < 1.29 is 4.74 Å². The van der Waals surface area contributed by atoms with E-state index in [0.29, 0.717) is 0 Å². The van der Waals surface area contributed by atoms with Crippen molar-refractivity contribution >= 4 is 0 Å². The summed E-state index contributed by atoms with van der Waals surface area (Å²) >= 11 is 0. The molecule has 0 aromatic heterocycles. The van der Waals surface area contributed by atoms with Gasteiger partial charge in [-0.2, -0.15) is 0 Å². The third-order valence-corrected chi connectivity index (χ3v) is 4.11. The molecule has 2 nitrogen and oxygen atoms in total. The summed E-state index contributed by atoms with van der Waals surface area (Å²) in [5.41, 5.74) is 0. The third kappa shape index (κ3) is 3.18. The molecule has 15 heavy (non-hydrogen) atoms. The fourth-order valence-corrected chi connectivity index (χ4v) is 2.87. The topological polar surface area (TPSA) is 12.5 Å². The standard InChI is InChI=1S/C13H25NO/c1-11(2)13-3-6-14(10-13)9-12-4-7-15-8-5-12/h11-13H,3-10H2,1-2H3. The molecule has 1 unspecified atom stereocenters. The second-order valence-corrected chi connectivity index (χ2v) is 5.61. The van der Waals surface area contributed by atoms with Gasteiger partial charge in [0.1, 0.15) is 0 Å². The Kier molecular flexibility index (Phi) is 4.04. The van der Waals surface area contributed by atoms with Crippen molar-refractivity contribution in [3.05, 3.63) is 0 Å². The van der Waals surface area contributed by atoms with Gasteiger partial charge < -0.3 is 9.64 Å². The van der Waals surface area contributed by atoms with E-state index in [1.807, 2.05) is 0 Å². The molecule has 0 bridgehead atoms. The lowest BCUT2D eigenvalue weighted by atomic mass is 9.95. The van der Waals surface area contributed by atoms with Crippen molar-refractivity contribution in [3.8, 4) is 0 Å². The van der Waals surface area contributed by atoms with Crippen LogP contribution in [-0.4, -0.2) is 37.7 Å². The molecular formula is C13H25NO. The first-order valence-electron chi connectivity index (χ1n) is 6.56. The minimum atomic E-state index is 0.865. The van der Waals surface area contributed by atoms with Crippen molar-refractivity contribution in [2.24, 2.45) is 17.8 Å². The maximum atomic E-state index is 5.41. The molecule has 0 radical (unpaired) electrons. The minimum absolute atomic E-state index is 0.865. The number of nitrogens with zero attached hydrogens (tertiary/aromatic N) is 1. The van der Waals surface area contributed by atoms with Gasteiger partial charge in [-0.15, -0.1) is 0 Å². The average molecular weight is 211 g/mol. The maximum Gasteiger partial charge on any atom is 0.0469 e. The summed E-state index contributed by atoms with van der Waals surface area (Å²) in [7, 11) is 0. The molecule has 2 rings (SSSR count). The van der Waals surface area contributed by atoms with Crippen LogP contribution in [0.15, 0.2) is 0 Å². The highest BCUT2D eigenvalue weighted by Gasteiger charge is 2.26. The summed E-state index contributed by atoms with van der Waals surface area (Å²) in [4.78, 5) is 2.68. The van der Waals surface area contributed by atoms with Gasteiger partial charge in [0, 0.05) is 26.3 Å². The Balaban J connectivity index is 1.71. The molecular weight excluding hydrogens is 186 g/mol. The van der Waals surface area contributed by atoms with Crippen molar-refractivity contribution in [2.75, 3.05) is 32.8 Å². The zero-order chi connectivity index (χ0) is 10.7. The lowest BCUT2D eigenvalue weighted by molar-refractivity contribution is 0.0548. The highest BCUT2D eigenvalue weighted by Crippen LogP contribution is 2.26. The van der Waals surface area contributed by atoms with E-state index in [4.69, 9.17) is 4.74 Å². The fourth-order valence-electron chi connectivity index (χ4n) is 2.87. The predicted octanol–water partition coefficient (Wildman–Crippen LogP) is 2.39. The van der Waals surface area contributed by atoms with Gasteiger partial charge in [-0.25, -0.2) is 0 Å². The first kappa shape index (κ1) is 11.4. The predicted molar refractivity (Wildman–Crippen MR) is 62.9 cm³/mol. The van der Waals surface area contributed by atoms with Gasteiger partial charge in [-0.05, 0) is 43.6 Å². The average Bonchev–Trinajstić information content (AvgIpc) is 2.68. The summed E-state index contributed by atoms with van der Waals surface area (Å²) in [5, 5.41) is 0. The van der Waals surface area contributed by atoms with Gasteiger partial charge >= 0.3 is 0 Å². The van der Waals surface area contributed by atoms with Crippen LogP contribution in [0.2, 0.25) is 0 Å². The number of hydrogen-bond acceptors (Lipinski definition) is 2. The molecule has 2 saturated heterocycles. The molecule has 88 valence electrons. The molecule has 2 fully saturated rings. The SMILES string of the molecule is CC(C)C1CCN(CC2CCOCC2)C1. The Bertz CT molecular complexity index is 187. The van der Waals surface area contributed by atoms with Gasteiger partial charge in [0.05, 0.1) is 0 Å². The van der Waals surface area contributed by atoms with E-state index in [1.165, 1.54) is 38.9 Å². The van der Waals surface area contributed by atoms with E-state index < -0.39 is 0 Å². The highest BCUT2D eigenvalue weighted by molar-refractivity contribution is 4.79. The van der Waals surface area contributed by atoms with Crippen LogP contribution >= 0.6 is 0 Å². The highest BCUT2D eigenvalue weighted by atomic mass is 16.5. The molecule has 0 aromatic carbocycles. The lowest BCUT2D eigenvalue weighted by Crippen LogP contribution is -2.31. The van der Waals surface area contributed by atoms with Crippen LogP contribution in [0.4, 0.5) is 0 Å². The Hall–Kier alpha value is -0.0800. The van der Waals surface area contributed by atoms with Gasteiger partial charge in [0.2, 0.25) is 0 Å². The first-order chi connectivity index (χ1) is 7.25. The molecule has 0 N–H and O–H groups in total. The van der Waals surface area contributed by atoms with E-state index in [-0.39, 0.29) is 0 Å². The van der Waals surface area contributed by atoms with Crippen molar-refractivity contribution in [2.45, 2.75) is 33.1 Å². The normalized spacial score (nSPS) is 30.2. The van der Waals surface area contributed by atoms with E-state index in [1.54, 1.807) is 0 Å². The Morgan fingerprint density at radius 1 is 1.20 bits per heavy atom. The third-order valence-electron chi connectivity index (χ3n) is 4.11. The van der Waals surface area contributed by atoms with Crippen molar-refractivity contribution in [3.63, 3.8) is 0 Å². The first-order valence-corrected chi connectivity index (χ1v) is 6.56. The summed E-state index contributed by atoms with van der Waals surface area (Å²) < 4.78 is 5.41. The molecule has 0 amide bonds. The maximum absolute atomic E-state index is 5.41. The van der Waals surface area contributed by atoms with Crippen LogP contribution in [0.1, 0.15) is 33.1 Å². The molecule has 0 saturated carbocycles. The summed E-state index contributed by atoms with van der Waals surface area (Å²) in [6.07, 6.45) is 3.98. The fraction of sp³-hybridized carbons (Fsp3) is 1.00. The summed E-state index contributed by atoms with van der Waals surface area (Å²) in [6, 6.07) is 0. The molecule has 0 aromatic rings. The van der Waals surface area contributed by atoms with Crippen molar-refractivity contribution in [1.82, 2.24) is 4.90 Å². The summed E-state index contributed by atoms with van der Waals surface area (Å²) in [5.74, 6) is 2.72. The van der Waals surface area contributed by atoms with E-state index in [9.17, 15) is 0 Å². The largest absolute Gasteiger partial charge is 0.381 e. The molecule has 2 aliphatic heterocycles. The van der Waals surface area contributed by atoms with Crippen LogP contribution in [0, 0.1) is 17.8 Å². The monoisotopic (exact) mass is 211 g/mol. The van der Waals surface area contributed by atoms with E-state index in [2.05, 4.69) is 18.7 Å². The minimum Gasteiger partial charge on any atom is -0.381 e. The van der Waals surface area contributed by atoms with E-state index >= 15 is 0 Å². The van der Waals surface area contributed by atoms with Crippen LogP contribution in [0.3, 0.4) is 0 Å². The smallest absolute Gasteiger partial charge is 0.0469 e. The number of ether oxygens (including phenoxy) is 1. The molecule has 0 aliphatic carbocycles. The van der Waals surface area contributed by atoms with Crippen LogP contribution in [0.25, 0.3) is 0 Å². The molecule has 2 heterocycles. The second-order valence-electron chi connectivity index (χ2n) is 5.61. The number of hydrogen-bond donors (Lipinski definition) is 0. The molecule has 0 spiro atoms. The quantitative estimate of drug-likeness (QED) is 0.710. The Labute approximate surface area is 94.0 Å². The number of rotatable bonds is 3. The zero-order valence-electron chi connectivity index (χ0n) is 10.2. The molecule has 2 heteroatoms. The van der Waals surface area contributed by atoms with E-state index in [0.717, 1.165) is 31.0 Å². The summed E-state index contributed by atoms with van der Waals surface area (Å²) in [6.45, 7) is 10.7. The van der Waals surface area contributed by atoms with Crippen LogP contribution < -0.4 is 0 Å².